The first-order chi connectivity index (χ1) is 9.69. The second-order valence-electron chi connectivity index (χ2n) is 4.81. The summed E-state index contributed by atoms with van der Waals surface area (Å²) in [6, 6.07) is 0. The summed E-state index contributed by atoms with van der Waals surface area (Å²) in [6.07, 6.45) is 6.76. The smallest absolute Gasteiger partial charge is 0.151 e. The van der Waals surface area contributed by atoms with Crippen molar-refractivity contribution in [3.05, 3.63) is 40.5 Å². The van der Waals surface area contributed by atoms with Gasteiger partial charge in [0.15, 0.2) is 5.15 Å². The molecule has 2 rings (SSSR count). The number of aromatic amines is 1. The van der Waals surface area contributed by atoms with Gasteiger partial charge >= 0.3 is 0 Å². The van der Waals surface area contributed by atoms with Crippen LogP contribution >= 0.6 is 11.6 Å². The Hall–Kier alpha value is -1.46. The molecule has 2 heterocycles. The van der Waals surface area contributed by atoms with Crippen LogP contribution < -0.4 is 5.32 Å². The first kappa shape index (κ1) is 14.9. The molecule has 0 aromatic carbocycles. The van der Waals surface area contributed by atoms with Crippen LogP contribution in [-0.4, -0.2) is 19.9 Å². The molecule has 0 fully saturated rings. The lowest BCUT2D eigenvalue weighted by atomic mass is 10.2. The molecule has 0 aliphatic carbocycles. The lowest BCUT2D eigenvalue weighted by molar-refractivity contribution is 0.663. The first-order valence-electron chi connectivity index (χ1n) is 6.90. The van der Waals surface area contributed by atoms with Gasteiger partial charge in [-0.3, -0.25) is 9.97 Å². The highest BCUT2D eigenvalue weighted by Gasteiger charge is 2.07. The van der Waals surface area contributed by atoms with Crippen molar-refractivity contribution in [2.75, 3.05) is 0 Å². The minimum atomic E-state index is 0.554. The maximum Gasteiger partial charge on any atom is 0.151 e. The Bertz CT molecular complexity index is 535. The molecule has 0 bridgehead atoms. The Morgan fingerprint density at radius 2 is 2.10 bits per heavy atom. The monoisotopic (exact) mass is 293 g/mol. The molecule has 6 heteroatoms. The minimum Gasteiger partial charge on any atom is -0.344 e. The van der Waals surface area contributed by atoms with Gasteiger partial charge in [0, 0.05) is 31.9 Å². The highest BCUT2D eigenvalue weighted by Crippen LogP contribution is 2.14. The summed E-state index contributed by atoms with van der Waals surface area (Å²) >= 11 is 6.12. The Morgan fingerprint density at radius 3 is 2.80 bits per heavy atom. The summed E-state index contributed by atoms with van der Waals surface area (Å²) in [6.45, 7) is 5.39. The molecule has 0 radical (unpaired) electrons. The average Bonchev–Trinajstić information content (AvgIpc) is 2.79. The van der Waals surface area contributed by atoms with Crippen LogP contribution in [0.15, 0.2) is 12.4 Å². The molecular formula is C14H20ClN5. The molecule has 20 heavy (non-hydrogen) atoms. The summed E-state index contributed by atoms with van der Waals surface area (Å²) < 4.78 is 0. The molecule has 2 aromatic rings. The third-order valence-corrected chi connectivity index (χ3v) is 3.30. The van der Waals surface area contributed by atoms with Gasteiger partial charge in [-0.25, -0.2) is 4.98 Å². The summed E-state index contributed by atoms with van der Waals surface area (Å²) in [5.41, 5.74) is 2.77. The zero-order valence-corrected chi connectivity index (χ0v) is 12.7. The van der Waals surface area contributed by atoms with Gasteiger partial charge in [0.2, 0.25) is 0 Å². The number of halogens is 1. The lowest BCUT2D eigenvalue weighted by Gasteiger charge is -2.03. The number of hydrogen-bond donors (Lipinski definition) is 2. The van der Waals surface area contributed by atoms with Gasteiger partial charge in [-0.1, -0.05) is 24.9 Å². The highest BCUT2D eigenvalue weighted by molar-refractivity contribution is 6.30. The standard InChI is InChI=1S/C14H20ClN5/c1-3-4-5-13-19-12(14(15)20-13)9-16-7-11-8-17-10(2)6-18-11/h6,8,16H,3-5,7,9H2,1-2H3,(H,19,20). The maximum atomic E-state index is 6.12. The fourth-order valence-electron chi connectivity index (χ4n) is 1.85. The Kier molecular flexibility index (Phi) is 5.49. The fraction of sp³-hybridized carbons (Fsp3) is 0.500. The summed E-state index contributed by atoms with van der Waals surface area (Å²) in [7, 11) is 0. The summed E-state index contributed by atoms with van der Waals surface area (Å²) in [5.74, 6) is 0.962. The lowest BCUT2D eigenvalue weighted by Crippen LogP contribution is -2.14. The van der Waals surface area contributed by atoms with E-state index in [1.54, 1.807) is 12.4 Å². The van der Waals surface area contributed by atoms with Crippen molar-refractivity contribution in [2.24, 2.45) is 0 Å². The number of H-pyrrole nitrogens is 1. The number of rotatable bonds is 7. The molecule has 0 atom stereocenters. The van der Waals surface area contributed by atoms with Crippen LogP contribution in [0.2, 0.25) is 5.15 Å². The Balaban J connectivity index is 1.84. The number of aryl methyl sites for hydroxylation is 2. The van der Waals surface area contributed by atoms with E-state index in [4.69, 9.17) is 11.6 Å². The van der Waals surface area contributed by atoms with Crippen molar-refractivity contribution in [1.29, 1.82) is 0 Å². The Labute approximate surface area is 124 Å². The molecule has 108 valence electrons. The molecule has 0 amide bonds. The zero-order chi connectivity index (χ0) is 14.4. The molecule has 0 spiro atoms. The SMILES string of the molecule is CCCCc1nc(Cl)c(CNCc2cnc(C)cn2)[nH]1. The van der Waals surface area contributed by atoms with Gasteiger partial charge in [-0.2, -0.15) is 0 Å². The third-order valence-electron chi connectivity index (χ3n) is 2.99. The number of aromatic nitrogens is 4. The predicted molar refractivity (Wildman–Crippen MR) is 79.5 cm³/mol. The van der Waals surface area contributed by atoms with E-state index >= 15 is 0 Å². The number of nitrogens with one attached hydrogen (secondary N) is 2. The van der Waals surface area contributed by atoms with Gasteiger partial charge in [0.25, 0.3) is 0 Å². The van der Waals surface area contributed by atoms with Gasteiger partial charge in [0.05, 0.1) is 17.1 Å². The van der Waals surface area contributed by atoms with E-state index in [0.717, 1.165) is 42.2 Å². The Morgan fingerprint density at radius 1 is 1.25 bits per heavy atom. The normalized spacial score (nSPS) is 10.9. The molecule has 0 aliphatic rings. The first-order valence-corrected chi connectivity index (χ1v) is 7.28. The number of imidazole rings is 1. The van der Waals surface area contributed by atoms with E-state index < -0.39 is 0 Å². The van der Waals surface area contributed by atoms with Crippen LogP contribution in [0.3, 0.4) is 0 Å². The summed E-state index contributed by atoms with van der Waals surface area (Å²) in [4.78, 5) is 16.1. The summed E-state index contributed by atoms with van der Waals surface area (Å²) in [5, 5.41) is 3.84. The van der Waals surface area contributed by atoms with Crippen molar-refractivity contribution in [3.8, 4) is 0 Å². The molecule has 0 unspecified atom stereocenters. The van der Waals surface area contributed by atoms with Crippen LogP contribution in [-0.2, 0) is 19.5 Å². The van der Waals surface area contributed by atoms with Gasteiger partial charge < -0.3 is 10.3 Å². The molecule has 0 aliphatic heterocycles. The largest absolute Gasteiger partial charge is 0.344 e. The van der Waals surface area contributed by atoms with Gasteiger partial charge in [-0.05, 0) is 13.3 Å². The quantitative estimate of drug-likeness (QED) is 0.824. The van der Waals surface area contributed by atoms with E-state index in [0.29, 0.717) is 18.2 Å². The van der Waals surface area contributed by atoms with Gasteiger partial charge in [0.1, 0.15) is 5.82 Å². The molecule has 2 N–H and O–H groups in total. The van der Waals surface area contributed by atoms with Crippen molar-refractivity contribution in [3.63, 3.8) is 0 Å². The van der Waals surface area contributed by atoms with E-state index in [-0.39, 0.29) is 0 Å². The number of hydrogen-bond acceptors (Lipinski definition) is 4. The molecule has 2 aromatic heterocycles. The molecule has 5 nitrogen and oxygen atoms in total. The third kappa shape index (κ3) is 4.28. The number of unbranched alkanes of at least 4 members (excludes halogenated alkanes) is 1. The van der Waals surface area contributed by atoms with Crippen molar-refractivity contribution in [2.45, 2.75) is 46.2 Å². The van der Waals surface area contributed by atoms with Gasteiger partial charge in [-0.15, -0.1) is 0 Å². The van der Waals surface area contributed by atoms with Crippen LogP contribution in [0.4, 0.5) is 0 Å². The highest BCUT2D eigenvalue weighted by atomic mass is 35.5. The zero-order valence-electron chi connectivity index (χ0n) is 11.9. The van der Waals surface area contributed by atoms with Crippen molar-refractivity contribution < 1.29 is 0 Å². The van der Waals surface area contributed by atoms with E-state index in [1.165, 1.54) is 0 Å². The van der Waals surface area contributed by atoms with Crippen LogP contribution in [0, 0.1) is 6.92 Å². The molecule has 0 saturated heterocycles. The second kappa shape index (κ2) is 7.36. The van der Waals surface area contributed by atoms with E-state index in [2.05, 4.69) is 32.2 Å². The predicted octanol–water partition coefficient (Wildman–Crippen LogP) is 2.79. The van der Waals surface area contributed by atoms with Crippen LogP contribution in [0.25, 0.3) is 0 Å². The molecule has 0 saturated carbocycles. The second-order valence-corrected chi connectivity index (χ2v) is 5.17. The maximum absolute atomic E-state index is 6.12. The van der Waals surface area contributed by atoms with Crippen LogP contribution in [0.5, 0.6) is 0 Å². The topological polar surface area (TPSA) is 66.5 Å². The average molecular weight is 294 g/mol. The molecular weight excluding hydrogens is 274 g/mol. The minimum absolute atomic E-state index is 0.554. The fourth-order valence-corrected chi connectivity index (χ4v) is 2.06. The number of nitrogens with zero attached hydrogens (tertiary/aromatic N) is 3. The van der Waals surface area contributed by atoms with Crippen molar-refractivity contribution in [1.82, 2.24) is 25.3 Å². The van der Waals surface area contributed by atoms with Crippen molar-refractivity contribution >= 4 is 11.6 Å². The van der Waals surface area contributed by atoms with E-state index in [9.17, 15) is 0 Å². The van der Waals surface area contributed by atoms with E-state index in [1.807, 2.05) is 6.92 Å². The van der Waals surface area contributed by atoms with Crippen LogP contribution in [0.1, 0.15) is 42.7 Å².